The molecule has 1 heterocycles. The summed E-state index contributed by atoms with van der Waals surface area (Å²) in [5.74, 6) is 0.151. The predicted molar refractivity (Wildman–Crippen MR) is 67.8 cm³/mol. The highest BCUT2D eigenvalue weighted by atomic mass is 16.6. The Bertz CT molecular complexity index is 412. The summed E-state index contributed by atoms with van der Waals surface area (Å²) >= 11 is 0. The molecule has 2 aliphatic carbocycles. The van der Waals surface area contributed by atoms with E-state index in [0.717, 1.165) is 32.1 Å². The summed E-state index contributed by atoms with van der Waals surface area (Å²) in [4.78, 5) is 11.6. The van der Waals surface area contributed by atoms with Crippen molar-refractivity contribution in [3.05, 3.63) is 12.2 Å². The maximum Gasteiger partial charge on any atom is 0.334 e. The minimum absolute atomic E-state index is 0.000139. The lowest BCUT2D eigenvalue weighted by atomic mass is 9.52. The van der Waals surface area contributed by atoms with Crippen LogP contribution in [0.3, 0.4) is 0 Å². The summed E-state index contributed by atoms with van der Waals surface area (Å²) < 4.78 is 5.44. The molecule has 100 valence electrons. The normalized spacial score (nSPS) is 51.6. The molecule has 0 aromatic heterocycles. The highest BCUT2D eigenvalue weighted by Crippen LogP contribution is 2.58. The SMILES string of the molecule is C=C1C(=O)O[C@@H]2C[C@@]3(C)CCC[C@](C)(O)C3C[C@H]12. The lowest BCUT2D eigenvalue weighted by Crippen LogP contribution is -2.53. The fourth-order valence-electron chi connectivity index (χ4n) is 4.59. The van der Waals surface area contributed by atoms with Gasteiger partial charge in [-0.25, -0.2) is 4.79 Å². The van der Waals surface area contributed by atoms with Gasteiger partial charge in [-0.05, 0) is 43.9 Å². The molecule has 1 aliphatic heterocycles. The second-order valence-electron chi connectivity index (χ2n) is 6.93. The molecule has 0 amide bonds. The number of hydrogen-bond donors (Lipinski definition) is 1. The number of rotatable bonds is 0. The van der Waals surface area contributed by atoms with Crippen LogP contribution in [0.15, 0.2) is 12.2 Å². The summed E-state index contributed by atoms with van der Waals surface area (Å²) in [5.41, 5.74) is 0.112. The van der Waals surface area contributed by atoms with Crippen LogP contribution in [-0.4, -0.2) is 22.8 Å². The molecule has 1 saturated heterocycles. The molecule has 3 fully saturated rings. The van der Waals surface area contributed by atoms with Crippen LogP contribution in [0.2, 0.25) is 0 Å². The number of carbonyl (C=O) groups is 1. The van der Waals surface area contributed by atoms with E-state index in [0.29, 0.717) is 5.57 Å². The van der Waals surface area contributed by atoms with E-state index < -0.39 is 5.60 Å². The van der Waals surface area contributed by atoms with Gasteiger partial charge in [-0.15, -0.1) is 0 Å². The zero-order chi connectivity index (χ0) is 13.1. The average molecular weight is 250 g/mol. The van der Waals surface area contributed by atoms with Crippen molar-refractivity contribution in [3.8, 4) is 0 Å². The van der Waals surface area contributed by atoms with Crippen molar-refractivity contribution >= 4 is 5.97 Å². The average Bonchev–Trinajstić information content (AvgIpc) is 2.51. The molecule has 0 aromatic rings. The summed E-state index contributed by atoms with van der Waals surface area (Å²) in [7, 11) is 0. The number of aliphatic hydroxyl groups is 1. The number of carbonyl (C=O) groups excluding carboxylic acids is 1. The van der Waals surface area contributed by atoms with E-state index >= 15 is 0 Å². The zero-order valence-electron chi connectivity index (χ0n) is 11.2. The third-order valence-electron chi connectivity index (χ3n) is 5.60. The highest BCUT2D eigenvalue weighted by Gasteiger charge is 2.57. The Labute approximate surface area is 108 Å². The Hall–Kier alpha value is -0.830. The predicted octanol–water partition coefficient (Wildman–Crippen LogP) is 2.44. The first kappa shape index (κ1) is 12.2. The zero-order valence-corrected chi connectivity index (χ0v) is 11.2. The van der Waals surface area contributed by atoms with Gasteiger partial charge >= 0.3 is 5.97 Å². The summed E-state index contributed by atoms with van der Waals surface area (Å²) in [5, 5.41) is 10.7. The van der Waals surface area contributed by atoms with E-state index in [2.05, 4.69) is 13.5 Å². The third kappa shape index (κ3) is 1.56. The molecule has 0 bridgehead atoms. The van der Waals surface area contributed by atoms with Gasteiger partial charge in [0.1, 0.15) is 6.10 Å². The topological polar surface area (TPSA) is 46.5 Å². The van der Waals surface area contributed by atoms with Gasteiger partial charge < -0.3 is 9.84 Å². The van der Waals surface area contributed by atoms with Crippen LogP contribution in [-0.2, 0) is 9.53 Å². The molecule has 0 spiro atoms. The van der Waals surface area contributed by atoms with Crippen LogP contribution in [0.25, 0.3) is 0 Å². The third-order valence-corrected chi connectivity index (χ3v) is 5.60. The monoisotopic (exact) mass is 250 g/mol. The van der Waals surface area contributed by atoms with Crippen LogP contribution in [0.1, 0.15) is 46.0 Å². The Morgan fingerprint density at radius 1 is 1.39 bits per heavy atom. The molecular formula is C15H22O3. The van der Waals surface area contributed by atoms with Crippen molar-refractivity contribution in [3.63, 3.8) is 0 Å². The van der Waals surface area contributed by atoms with Gasteiger partial charge in [0.25, 0.3) is 0 Å². The van der Waals surface area contributed by atoms with E-state index in [1.54, 1.807) is 0 Å². The van der Waals surface area contributed by atoms with Crippen molar-refractivity contribution in [1.29, 1.82) is 0 Å². The van der Waals surface area contributed by atoms with Crippen LogP contribution in [0, 0.1) is 17.3 Å². The van der Waals surface area contributed by atoms with E-state index in [1.165, 1.54) is 0 Å². The fraction of sp³-hybridized carbons (Fsp3) is 0.800. The molecule has 0 aromatic carbocycles. The van der Waals surface area contributed by atoms with Crippen molar-refractivity contribution in [1.82, 2.24) is 0 Å². The molecule has 0 radical (unpaired) electrons. The Morgan fingerprint density at radius 3 is 2.83 bits per heavy atom. The van der Waals surface area contributed by atoms with Crippen molar-refractivity contribution in [2.45, 2.75) is 57.7 Å². The Morgan fingerprint density at radius 2 is 2.11 bits per heavy atom. The molecule has 18 heavy (non-hydrogen) atoms. The maximum atomic E-state index is 11.6. The van der Waals surface area contributed by atoms with Crippen molar-refractivity contribution in [2.24, 2.45) is 17.3 Å². The van der Waals surface area contributed by atoms with Gasteiger partial charge in [-0.1, -0.05) is 19.9 Å². The van der Waals surface area contributed by atoms with Crippen LogP contribution >= 0.6 is 0 Å². The first-order valence-corrected chi connectivity index (χ1v) is 6.96. The lowest BCUT2D eigenvalue weighted by molar-refractivity contribution is -0.155. The molecule has 1 unspecified atom stereocenters. The number of hydrogen-bond acceptors (Lipinski definition) is 3. The maximum absolute atomic E-state index is 11.6. The van der Waals surface area contributed by atoms with Crippen LogP contribution < -0.4 is 0 Å². The summed E-state index contributed by atoms with van der Waals surface area (Å²) in [6.07, 6.45) is 4.78. The van der Waals surface area contributed by atoms with Gasteiger partial charge in [-0.3, -0.25) is 0 Å². The van der Waals surface area contributed by atoms with Crippen LogP contribution in [0.5, 0.6) is 0 Å². The smallest absolute Gasteiger partial charge is 0.334 e. The molecule has 1 N–H and O–H groups in total. The van der Waals surface area contributed by atoms with Gasteiger partial charge in [-0.2, -0.15) is 0 Å². The van der Waals surface area contributed by atoms with Gasteiger partial charge in [0.15, 0.2) is 0 Å². The quantitative estimate of drug-likeness (QED) is 0.530. The van der Waals surface area contributed by atoms with E-state index in [4.69, 9.17) is 4.74 Å². The minimum atomic E-state index is -0.607. The van der Waals surface area contributed by atoms with Gasteiger partial charge in [0, 0.05) is 11.5 Å². The Balaban J connectivity index is 1.93. The second kappa shape index (κ2) is 3.60. The number of fused-ring (bicyclic) bond motifs is 2. The first-order chi connectivity index (χ1) is 8.33. The molecule has 5 atom stereocenters. The van der Waals surface area contributed by atoms with Gasteiger partial charge in [0.2, 0.25) is 0 Å². The fourth-order valence-corrected chi connectivity index (χ4v) is 4.59. The largest absolute Gasteiger partial charge is 0.458 e. The molecule has 3 rings (SSSR count). The molecule has 3 aliphatic rings. The number of esters is 1. The van der Waals surface area contributed by atoms with Crippen LogP contribution in [0.4, 0.5) is 0 Å². The lowest BCUT2D eigenvalue weighted by Gasteiger charge is -2.54. The highest BCUT2D eigenvalue weighted by molar-refractivity contribution is 5.90. The molecule has 3 heteroatoms. The minimum Gasteiger partial charge on any atom is -0.458 e. The van der Waals surface area contributed by atoms with Gasteiger partial charge in [0.05, 0.1) is 5.60 Å². The molecule has 2 saturated carbocycles. The molecular weight excluding hydrogens is 228 g/mol. The van der Waals surface area contributed by atoms with Crippen molar-refractivity contribution < 1.29 is 14.6 Å². The second-order valence-corrected chi connectivity index (χ2v) is 6.93. The van der Waals surface area contributed by atoms with E-state index in [9.17, 15) is 9.90 Å². The summed E-state index contributed by atoms with van der Waals surface area (Å²) in [6.45, 7) is 8.07. The molecule has 3 nitrogen and oxygen atoms in total. The van der Waals surface area contributed by atoms with E-state index in [-0.39, 0.29) is 29.3 Å². The number of ether oxygens (including phenoxy) is 1. The Kier molecular flexibility index (Phi) is 2.44. The van der Waals surface area contributed by atoms with E-state index in [1.807, 2.05) is 6.92 Å². The summed E-state index contributed by atoms with van der Waals surface area (Å²) in [6, 6.07) is 0. The first-order valence-electron chi connectivity index (χ1n) is 6.96. The van der Waals surface area contributed by atoms with Crippen molar-refractivity contribution in [2.75, 3.05) is 0 Å². The standard InChI is InChI=1S/C15H22O3/c1-9-10-7-12-14(2,5-4-6-15(12,3)17)8-11(10)18-13(9)16/h10-12,17H,1,4-8H2,2-3H3/t10-,11-,12?,14-,15+/m1/s1.